The Kier molecular flexibility index (Phi) is 4.13. The fourth-order valence-corrected chi connectivity index (χ4v) is 4.01. The highest BCUT2D eigenvalue weighted by Gasteiger charge is 2.42. The molecule has 1 spiro atoms. The van der Waals surface area contributed by atoms with Gasteiger partial charge in [-0.25, -0.2) is 0 Å². The molecule has 3 rings (SSSR count). The lowest BCUT2D eigenvalue weighted by Gasteiger charge is -2.25. The van der Waals surface area contributed by atoms with Crippen molar-refractivity contribution in [1.29, 1.82) is 0 Å². The summed E-state index contributed by atoms with van der Waals surface area (Å²) in [6, 6.07) is 8.52. The lowest BCUT2D eigenvalue weighted by molar-refractivity contribution is -0.0427. The van der Waals surface area contributed by atoms with E-state index in [1.54, 1.807) is 0 Å². The maximum atomic E-state index is 9.73. The maximum Gasteiger partial charge on any atom is 0.0687 e. The summed E-state index contributed by atoms with van der Waals surface area (Å²) < 4.78 is 6.38. The number of hydrogen-bond acceptors (Lipinski definition) is 2. The number of aryl methyl sites for hydroxylation is 1. The molecule has 20 heavy (non-hydrogen) atoms. The summed E-state index contributed by atoms with van der Waals surface area (Å²) in [5.74, 6) is 0.219. The number of hydrogen-bond donors (Lipinski definition) is 1. The molecular formula is C18H26O2. The molecule has 0 amide bonds. The third kappa shape index (κ3) is 2.91. The van der Waals surface area contributed by atoms with Crippen LogP contribution in [0.1, 0.15) is 62.0 Å². The number of aliphatic hydroxyl groups is 1. The average Bonchev–Trinajstić information content (AvgIpc) is 3.07. The van der Waals surface area contributed by atoms with Crippen molar-refractivity contribution in [3.63, 3.8) is 0 Å². The zero-order valence-corrected chi connectivity index (χ0v) is 12.5. The third-order valence-electron chi connectivity index (χ3n) is 5.13. The van der Waals surface area contributed by atoms with Gasteiger partial charge in [0.1, 0.15) is 0 Å². The molecule has 1 aliphatic heterocycles. The molecule has 2 heteroatoms. The first-order valence-corrected chi connectivity index (χ1v) is 8.06. The lowest BCUT2D eigenvalue weighted by Crippen LogP contribution is -2.25. The molecule has 1 heterocycles. The van der Waals surface area contributed by atoms with E-state index in [9.17, 15) is 5.11 Å². The minimum atomic E-state index is 0.206. The van der Waals surface area contributed by atoms with Crippen molar-refractivity contribution in [3.8, 4) is 0 Å². The van der Waals surface area contributed by atoms with E-state index in [2.05, 4.69) is 31.2 Å². The molecule has 0 radical (unpaired) electrons. The van der Waals surface area contributed by atoms with Crippen molar-refractivity contribution in [1.82, 2.24) is 0 Å². The molecule has 2 nitrogen and oxygen atoms in total. The Labute approximate surface area is 122 Å². The monoisotopic (exact) mass is 274 g/mol. The molecule has 1 aliphatic carbocycles. The van der Waals surface area contributed by atoms with Crippen LogP contribution in [0.4, 0.5) is 0 Å². The normalized spacial score (nSPS) is 26.2. The topological polar surface area (TPSA) is 29.5 Å². The summed E-state index contributed by atoms with van der Waals surface area (Å²) in [6.07, 6.45) is 8.84. The van der Waals surface area contributed by atoms with E-state index in [1.165, 1.54) is 49.7 Å². The summed E-state index contributed by atoms with van der Waals surface area (Å²) in [7, 11) is 0. The van der Waals surface area contributed by atoms with Gasteiger partial charge in [0.25, 0.3) is 0 Å². The van der Waals surface area contributed by atoms with Gasteiger partial charge in [-0.2, -0.15) is 0 Å². The molecule has 2 fully saturated rings. The quantitative estimate of drug-likeness (QED) is 0.900. The van der Waals surface area contributed by atoms with E-state index in [0.717, 1.165) is 6.42 Å². The molecule has 1 saturated heterocycles. The molecule has 2 atom stereocenters. The van der Waals surface area contributed by atoms with E-state index in [4.69, 9.17) is 4.74 Å². The van der Waals surface area contributed by atoms with Crippen molar-refractivity contribution in [2.24, 2.45) is 0 Å². The van der Waals surface area contributed by atoms with Crippen LogP contribution in [0.2, 0.25) is 0 Å². The SMILES string of the molecule is Cc1cccc(C(CO)CC2CCC3(CCCC3)O2)c1. The molecule has 110 valence electrons. The van der Waals surface area contributed by atoms with Crippen molar-refractivity contribution < 1.29 is 9.84 Å². The lowest BCUT2D eigenvalue weighted by atomic mass is 9.91. The molecule has 1 aromatic carbocycles. The molecule has 0 bridgehead atoms. The number of ether oxygens (including phenoxy) is 1. The fourth-order valence-electron chi connectivity index (χ4n) is 4.01. The highest BCUT2D eigenvalue weighted by Crippen LogP contribution is 2.45. The summed E-state index contributed by atoms with van der Waals surface area (Å²) in [5.41, 5.74) is 2.72. The van der Waals surface area contributed by atoms with E-state index in [0.29, 0.717) is 6.10 Å². The summed E-state index contributed by atoms with van der Waals surface area (Å²) >= 11 is 0. The van der Waals surface area contributed by atoms with Crippen LogP contribution in [-0.4, -0.2) is 23.4 Å². The van der Waals surface area contributed by atoms with E-state index < -0.39 is 0 Å². The molecule has 2 aliphatic rings. The smallest absolute Gasteiger partial charge is 0.0687 e. The van der Waals surface area contributed by atoms with Gasteiger partial charge in [-0.15, -0.1) is 0 Å². The van der Waals surface area contributed by atoms with Gasteiger partial charge < -0.3 is 9.84 Å². The highest BCUT2D eigenvalue weighted by molar-refractivity contribution is 5.25. The Hall–Kier alpha value is -0.860. The predicted octanol–water partition coefficient (Wildman–Crippen LogP) is 3.95. The van der Waals surface area contributed by atoms with E-state index in [-0.39, 0.29) is 18.1 Å². The van der Waals surface area contributed by atoms with E-state index >= 15 is 0 Å². The van der Waals surface area contributed by atoms with Crippen molar-refractivity contribution in [2.75, 3.05) is 6.61 Å². The Balaban J connectivity index is 1.64. The molecular weight excluding hydrogens is 248 g/mol. The van der Waals surface area contributed by atoms with Crippen LogP contribution in [0, 0.1) is 6.92 Å². The van der Waals surface area contributed by atoms with Crippen molar-refractivity contribution in [3.05, 3.63) is 35.4 Å². The van der Waals surface area contributed by atoms with Crippen molar-refractivity contribution in [2.45, 2.75) is 69.5 Å². The highest BCUT2D eigenvalue weighted by atomic mass is 16.5. The number of benzene rings is 1. The molecule has 1 aromatic rings. The van der Waals surface area contributed by atoms with Crippen LogP contribution in [0.15, 0.2) is 24.3 Å². The average molecular weight is 274 g/mol. The molecule has 2 unspecified atom stereocenters. The fraction of sp³-hybridized carbons (Fsp3) is 0.667. The minimum Gasteiger partial charge on any atom is -0.396 e. The molecule has 1 saturated carbocycles. The van der Waals surface area contributed by atoms with Gasteiger partial charge in [0.05, 0.1) is 18.3 Å². The maximum absolute atomic E-state index is 9.73. The first-order chi connectivity index (χ1) is 9.71. The van der Waals surface area contributed by atoms with Gasteiger partial charge in [-0.05, 0) is 44.6 Å². The Bertz CT molecular complexity index is 448. The Morgan fingerprint density at radius 3 is 2.80 bits per heavy atom. The van der Waals surface area contributed by atoms with Crippen molar-refractivity contribution >= 4 is 0 Å². The second-order valence-electron chi connectivity index (χ2n) is 6.70. The van der Waals surface area contributed by atoms with Gasteiger partial charge in [-0.3, -0.25) is 0 Å². The van der Waals surface area contributed by atoms with Gasteiger partial charge in [0.2, 0.25) is 0 Å². The van der Waals surface area contributed by atoms with Gasteiger partial charge >= 0.3 is 0 Å². The van der Waals surface area contributed by atoms with Crippen LogP contribution in [-0.2, 0) is 4.74 Å². The largest absolute Gasteiger partial charge is 0.396 e. The van der Waals surface area contributed by atoms with Crippen LogP contribution in [0.25, 0.3) is 0 Å². The van der Waals surface area contributed by atoms with E-state index in [1.807, 2.05) is 0 Å². The zero-order chi connectivity index (χ0) is 14.0. The summed E-state index contributed by atoms with van der Waals surface area (Å²) in [5, 5.41) is 9.73. The van der Waals surface area contributed by atoms with Gasteiger partial charge in [0.15, 0.2) is 0 Å². The van der Waals surface area contributed by atoms with Crippen LogP contribution >= 0.6 is 0 Å². The van der Waals surface area contributed by atoms with Gasteiger partial charge in [0, 0.05) is 5.92 Å². The predicted molar refractivity (Wildman–Crippen MR) is 80.9 cm³/mol. The van der Waals surface area contributed by atoms with Crippen LogP contribution < -0.4 is 0 Å². The second-order valence-corrected chi connectivity index (χ2v) is 6.70. The standard InChI is InChI=1S/C18H26O2/c1-14-5-4-6-15(11-14)16(13-19)12-17-7-10-18(20-17)8-2-3-9-18/h4-6,11,16-17,19H,2-3,7-10,12-13H2,1H3. The number of rotatable bonds is 4. The molecule has 0 aromatic heterocycles. The van der Waals surface area contributed by atoms with Crippen LogP contribution in [0.5, 0.6) is 0 Å². The first-order valence-electron chi connectivity index (χ1n) is 8.06. The second kappa shape index (κ2) is 5.87. The number of aliphatic hydroxyl groups excluding tert-OH is 1. The third-order valence-corrected chi connectivity index (χ3v) is 5.13. The Morgan fingerprint density at radius 1 is 1.30 bits per heavy atom. The molecule has 1 N–H and O–H groups in total. The van der Waals surface area contributed by atoms with Crippen LogP contribution in [0.3, 0.4) is 0 Å². The minimum absolute atomic E-state index is 0.206. The Morgan fingerprint density at radius 2 is 2.10 bits per heavy atom. The zero-order valence-electron chi connectivity index (χ0n) is 12.5. The van der Waals surface area contributed by atoms with Gasteiger partial charge in [-0.1, -0.05) is 42.7 Å². The summed E-state index contributed by atoms with van der Waals surface area (Å²) in [4.78, 5) is 0. The first kappa shape index (κ1) is 14.1. The summed E-state index contributed by atoms with van der Waals surface area (Å²) in [6.45, 7) is 2.33.